The first-order valence-electron chi connectivity index (χ1n) is 6.87. The number of aromatic nitrogens is 2. The second-order valence-corrected chi connectivity index (χ2v) is 4.81. The van der Waals surface area contributed by atoms with Crippen molar-refractivity contribution >= 4 is 11.6 Å². The van der Waals surface area contributed by atoms with Crippen molar-refractivity contribution in [1.82, 2.24) is 9.97 Å². The van der Waals surface area contributed by atoms with Crippen molar-refractivity contribution in [1.29, 1.82) is 0 Å². The summed E-state index contributed by atoms with van der Waals surface area (Å²) < 4.78 is 5.29. The van der Waals surface area contributed by atoms with E-state index in [-0.39, 0.29) is 5.91 Å². The van der Waals surface area contributed by atoms with Gasteiger partial charge in [0, 0.05) is 5.56 Å². The summed E-state index contributed by atoms with van der Waals surface area (Å²) in [4.78, 5) is 20.8. The fourth-order valence-electron chi connectivity index (χ4n) is 2.03. The monoisotopic (exact) mass is 285 g/mol. The van der Waals surface area contributed by atoms with Crippen LogP contribution in [0.1, 0.15) is 34.2 Å². The molecule has 1 N–H and O–H groups in total. The van der Waals surface area contributed by atoms with Crippen LogP contribution in [0.5, 0.6) is 6.01 Å². The summed E-state index contributed by atoms with van der Waals surface area (Å²) in [6, 6.07) is 7.77. The van der Waals surface area contributed by atoms with Gasteiger partial charge in [-0.15, -0.1) is 0 Å². The molecule has 0 radical (unpaired) electrons. The second kappa shape index (κ2) is 6.35. The lowest BCUT2D eigenvalue weighted by Gasteiger charge is -2.12. The molecule has 5 nitrogen and oxygen atoms in total. The molecule has 21 heavy (non-hydrogen) atoms. The standard InChI is InChI=1S/C16H19N3O2/c1-5-21-16-17-11(3)14(12(4)18-16)19-15(20)13-8-6-7-10(2)9-13/h6-9H,5H2,1-4H3,(H,19,20). The number of hydrogen-bond donors (Lipinski definition) is 1. The Labute approximate surface area is 124 Å². The molecule has 0 aliphatic rings. The number of benzene rings is 1. The van der Waals surface area contributed by atoms with Crippen molar-refractivity contribution in [3.63, 3.8) is 0 Å². The summed E-state index contributed by atoms with van der Waals surface area (Å²) in [6.07, 6.45) is 0. The Morgan fingerprint density at radius 1 is 1.19 bits per heavy atom. The van der Waals surface area contributed by atoms with Crippen LogP contribution in [0.2, 0.25) is 0 Å². The van der Waals surface area contributed by atoms with Gasteiger partial charge in [-0.05, 0) is 39.8 Å². The van der Waals surface area contributed by atoms with E-state index >= 15 is 0 Å². The van der Waals surface area contributed by atoms with Crippen LogP contribution in [0.4, 0.5) is 5.69 Å². The first kappa shape index (κ1) is 15.0. The Hall–Kier alpha value is -2.43. The second-order valence-electron chi connectivity index (χ2n) is 4.81. The van der Waals surface area contributed by atoms with E-state index in [0.29, 0.717) is 35.3 Å². The van der Waals surface area contributed by atoms with Gasteiger partial charge in [-0.25, -0.2) is 0 Å². The van der Waals surface area contributed by atoms with E-state index in [9.17, 15) is 4.79 Å². The van der Waals surface area contributed by atoms with Crippen molar-refractivity contribution in [2.24, 2.45) is 0 Å². The van der Waals surface area contributed by atoms with Gasteiger partial charge in [0.25, 0.3) is 5.91 Å². The summed E-state index contributed by atoms with van der Waals surface area (Å²) in [5.41, 5.74) is 3.66. The molecule has 1 aromatic carbocycles. The predicted molar refractivity (Wildman–Crippen MR) is 81.8 cm³/mol. The highest BCUT2D eigenvalue weighted by molar-refractivity contribution is 6.04. The molecule has 2 aromatic rings. The third-order valence-corrected chi connectivity index (χ3v) is 3.04. The molecule has 0 saturated carbocycles. The third-order valence-electron chi connectivity index (χ3n) is 3.04. The smallest absolute Gasteiger partial charge is 0.316 e. The quantitative estimate of drug-likeness (QED) is 0.937. The first-order valence-corrected chi connectivity index (χ1v) is 6.87. The van der Waals surface area contributed by atoms with Gasteiger partial charge in [-0.3, -0.25) is 4.79 Å². The van der Waals surface area contributed by atoms with Gasteiger partial charge in [0.05, 0.1) is 23.7 Å². The zero-order chi connectivity index (χ0) is 15.4. The number of nitrogens with zero attached hydrogens (tertiary/aromatic N) is 2. The Morgan fingerprint density at radius 3 is 2.43 bits per heavy atom. The van der Waals surface area contributed by atoms with E-state index in [2.05, 4.69) is 15.3 Å². The van der Waals surface area contributed by atoms with Crippen LogP contribution < -0.4 is 10.1 Å². The number of nitrogens with one attached hydrogen (secondary N) is 1. The molecule has 0 fully saturated rings. The zero-order valence-corrected chi connectivity index (χ0v) is 12.7. The Bertz CT molecular complexity index is 645. The zero-order valence-electron chi connectivity index (χ0n) is 12.7. The number of carbonyl (C=O) groups is 1. The number of carbonyl (C=O) groups excluding carboxylic acids is 1. The number of ether oxygens (including phenoxy) is 1. The number of aryl methyl sites for hydroxylation is 3. The molecular weight excluding hydrogens is 266 g/mol. The molecule has 1 heterocycles. The normalized spacial score (nSPS) is 10.3. The van der Waals surface area contributed by atoms with Crippen LogP contribution >= 0.6 is 0 Å². The number of anilines is 1. The molecule has 0 spiro atoms. The molecule has 0 unspecified atom stereocenters. The fraction of sp³-hybridized carbons (Fsp3) is 0.312. The van der Waals surface area contributed by atoms with Crippen LogP contribution in [0, 0.1) is 20.8 Å². The summed E-state index contributed by atoms with van der Waals surface area (Å²) in [7, 11) is 0. The van der Waals surface area contributed by atoms with Crippen molar-refractivity contribution < 1.29 is 9.53 Å². The number of rotatable bonds is 4. The summed E-state index contributed by atoms with van der Waals surface area (Å²) in [5.74, 6) is -0.169. The molecular formula is C16H19N3O2. The average Bonchev–Trinajstić information content (AvgIpc) is 2.43. The fourth-order valence-corrected chi connectivity index (χ4v) is 2.03. The molecule has 0 saturated heterocycles. The molecule has 0 atom stereocenters. The van der Waals surface area contributed by atoms with Gasteiger partial charge in [0.2, 0.25) is 0 Å². The Morgan fingerprint density at radius 2 is 1.86 bits per heavy atom. The topological polar surface area (TPSA) is 64.1 Å². The largest absolute Gasteiger partial charge is 0.464 e. The van der Waals surface area contributed by atoms with Gasteiger partial charge >= 0.3 is 6.01 Å². The van der Waals surface area contributed by atoms with E-state index in [1.54, 1.807) is 6.07 Å². The first-order chi connectivity index (χ1) is 10.0. The van der Waals surface area contributed by atoms with E-state index < -0.39 is 0 Å². The van der Waals surface area contributed by atoms with E-state index in [1.807, 2.05) is 45.9 Å². The average molecular weight is 285 g/mol. The minimum absolute atomic E-state index is 0.169. The maximum absolute atomic E-state index is 12.3. The van der Waals surface area contributed by atoms with Gasteiger partial charge in [0.1, 0.15) is 0 Å². The van der Waals surface area contributed by atoms with Crippen LogP contribution in [0.3, 0.4) is 0 Å². The molecule has 1 amide bonds. The van der Waals surface area contributed by atoms with E-state index in [4.69, 9.17) is 4.74 Å². The van der Waals surface area contributed by atoms with Crippen LogP contribution in [0.15, 0.2) is 24.3 Å². The predicted octanol–water partition coefficient (Wildman–Crippen LogP) is 3.05. The van der Waals surface area contributed by atoms with Crippen LogP contribution in [-0.2, 0) is 0 Å². The highest BCUT2D eigenvalue weighted by atomic mass is 16.5. The Balaban J connectivity index is 2.25. The highest BCUT2D eigenvalue weighted by Crippen LogP contribution is 2.20. The van der Waals surface area contributed by atoms with Crippen LogP contribution in [-0.4, -0.2) is 22.5 Å². The lowest BCUT2D eigenvalue weighted by Crippen LogP contribution is -2.15. The highest BCUT2D eigenvalue weighted by Gasteiger charge is 2.13. The van der Waals surface area contributed by atoms with E-state index in [0.717, 1.165) is 5.56 Å². The lowest BCUT2D eigenvalue weighted by atomic mass is 10.1. The summed E-state index contributed by atoms with van der Waals surface area (Å²) in [6.45, 7) is 7.98. The van der Waals surface area contributed by atoms with Gasteiger partial charge in [-0.2, -0.15) is 9.97 Å². The van der Waals surface area contributed by atoms with Crippen molar-refractivity contribution in [2.45, 2.75) is 27.7 Å². The van der Waals surface area contributed by atoms with Crippen molar-refractivity contribution in [3.8, 4) is 6.01 Å². The van der Waals surface area contributed by atoms with Gasteiger partial charge in [-0.1, -0.05) is 17.7 Å². The lowest BCUT2D eigenvalue weighted by molar-refractivity contribution is 0.102. The van der Waals surface area contributed by atoms with Crippen molar-refractivity contribution in [3.05, 3.63) is 46.8 Å². The molecule has 110 valence electrons. The molecule has 5 heteroatoms. The third kappa shape index (κ3) is 3.56. The molecule has 1 aromatic heterocycles. The minimum atomic E-state index is -0.169. The molecule has 0 bridgehead atoms. The van der Waals surface area contributed by atoms with Crippen LogP contribution in [0.25, 0.3) is 0 Å². The molecule has 2 rings (SSSR count). The minimum Gasteiger partial charge on any atom is -0.464 e. The maximum Gasteiger partial charge on any atom is 0.316 e. The SMILES string of the molecule is CCOc1nc(C)c(NC(=O)c2cccc(C)c2)c(C)n1. The maximum atomic E-state index is 12.3. The molecule has 0 aliphatic carbocycles. The Kier molecular flexibility index (Phi) is 4.52. The summed E-state index contributed by atoms with van der Waals surface area (Å²) in [5, 5.41) is 2.87. The van der Waals surface area contributed by atoms with Crippen molar-refractivity contribution in [2.75, 3.05) is 11.9 Å². The number of hydrogen-bond acceptors (Lipinski definition) is 4. The number of amides is 1. The molecule has 0 aliphatic heterocycles. The summed E-state index contributed by atoms with van der Waals surface area (Å²) >= 11 is 0. The van der Waals surface area contributed by atoms with Gasteiger partial charge < -0.3 is 10.1 Å². The van der Waals surface area contributed by atoms with Gasteiger partial charge in [0.15, 0.2) is 0 Å². The van der Waals surface area contributed by atoms with E-state index in [1.165, 1.54) is 0 Å².